The van der Waals surface area contributed by atoms with Crippen LogP contribution >= 0.6 is 15.9 Å². The largest absolute Gasteiger partial charge is 0.483 e. The van der Waals surface area contributed by atoms with Crippen molar-refractivity contribution in [2.24, 2.45) is 0 Å². The summed E-state index contributed by atoms with van der Waals surface area (Å²) in [5.41, 5.74) is 2.71. The normalized spacial score (nSPS) is 14.5. The average molecular weight is 566 g/mol. The standard InChI is InChI=1S/C27H21BrFN3O5/c1-15-4-3-5-22(16(15)2)30-24(33)14-37-23-11-6-18(28)12-17(23)13-21-25(34)31-27(36)32(26(21)35)20-9-7-19(29)8-10-20/h3-13H,14H2,1-2H3,(H,30,33)(H,31,34,36)/b21-13+. The maximum Gasteiger partial charge on any atom is 0.335 e. The molecule has 0 aromatic heterocycles. The molecule has 1 aliphatic heterocycles. The molecule has 0 radical (unpaired) electrons. The molecule has 3 aromatic rings. The van der Waals surface area contributed by atoms with Gasteiger partial charge in [-0.25, -0.2) is 14.1 Å². The van der Waals surface area contributed by atoms with Crippen LogP contribution in [-0.4, -0.2) is 30.4 Å². The van der Waals surface area contributed by atoms with Crippen LogP contribution in [0.15, 0.2) is 70.7 Å². The number of rotatable bonds is 6. The van der Waals surface area contributed by atoms with Crippen molar-refractivity contribution >= 4 is 57.1 Å². The lowest BCUT2D eigenvalue weighted by Gasteiger charge is -2.26. The number of imide groups is 2. The first-order valence-corrected chi connectivity index (χ1v) is 11.9. The molecular formula is C27H21BrFN3O5. The van der Waals surface area contributed by atoms with Crippen molar-refractivity contribution in [3.8, 4) is 5.75 Å². The quantitative estimate of drug-likeness (QED) is 0.327. The number of urea groups is 1. The molecule has 3 aromatic carbocycles. The number of halogens is 2. The van der Waals surface area contributed by atoms with Gasteiger partial charge in [0.2, 0.25) is 0 Å². The number of carbonyl (C=O) groups excluding carboxylic acids is 4. The summed E-state index contributed by atoms with van der Waals surface area (Å²) in [7, 11) is 0. The molecule has 8 nitrogen and oxygen atoms in total. The zero-order chi connectivity index (χ0) is 26.7. The van der Waals surface area contributed by atoms with Crippen LogP contribution in [0.4, 0.5) is 20.6 Å². The molecule has 0 unspecified atom stereocenters. The van der Waals surface area contributed by atoms with Crippen molar-refractivity contribution in [2.75, 3.05) is 16.8 Å². The van der Waals surface area contributed by atoms with Gasteiger partial charge < -0.3 is 10.1 Å². The minimum absolute atomic E-state index is 0.0936. The number of carbonyl (C=O) groups is 4. The number of hydrogen-bond acceptors (Lipinski definition) is 5. The molecule has 5 amide bonds. The molecule has 0 spiro atoms. The molecule has 10 heteroatoms. The van der Waals surface area contributed by atoms with Crippen LogP contribution in [0, 0.1) is 19.7 Å². The highest BCUT2D eigenvalue weighted by Crippen LogP contribution is 2.28. The number of nitrogens with zero attached hydrogens (tertiary/aromatic N) is 1. The lowest BCUT2D eigenvalue weighted by Crippen LogP contribution is -2.54. The summed E-state index contributed by atoms with van der Waals surface area (Å²) < 4.78 is 19.7. The maximum atomic E-state index is 13.3. The molecule has 1 aliphatic rings. The topological polar surface area (TPSA) is 105 Å². The van der Waals surface area contributed by atoms with E-state index in [4.69, 9.17) is 4.74 Å². The molecule has 4 rings (SSSR count). The number of anilines is 2. The monoisotopic (exact) mass is 565 g/mol. The van der Waals surface area contributed by atoms with E-state index in [0.29, 0.717) is 15.7 Å². The summed E-state index contributed by atoms with van der Waals surface area (Å²) >= 11 is 3.35. The lowest BCUT2D eigenvalue weighted by molar-refractivity contribution is -0.122. The Morgan fingerprint density at radius 3 is 2.54 bits per heavy atom. The fraction of sp³-hybridized carbons (Fsp3) is 0.111. The molecular weight excluding hydrogens is 545 g/mol. The fourth-order valence-electron chi connectivity index (χ4n) is 3.62. The highest BCUT2D eigenvalue weighted by molar-refractivity contribution is 9.10. The van der Waals surface area contributed by atoms with Gasteiger partial charge in [-0.1, -0.05) is 28.1 Å². The van der Waals surface area contributed by atoms with E-state index in [9.17, 15) is 23.6 Å². The summed E-state index contributed by atoms with van der Waals surface area (Å²) in [5.74, 6) is -2.49. The number of nitrogens with one attached hydrogen (secondary N) is 2. The van der Waals surface area contributed by atoms with Crippen LogP contribution in [0.5, 0.6) is 5.75 Å². The molecule has 1 heterocycles. The summed E-state index contributed by atoms with van der Waals surface area (Å²) in [6, 6.07) is 14.2. The molecule has 188 valence electrons. The van der Waals surface area contributed by atoms with E-state index in [1.807, 2.05) is 26.0 Å². The minimum Gasteiger partial charge on any atom is -0.483 e. The van der Waals surface area contributed by atoms with Gasteiger partial charge in [0.05, 0.1) is 5.69 Å². The van der Waals surface area contributed by atoms with Crippen LogP contribution < -0.4 is 20.3 Å². The van der Waals surface area contributed by atoms with Gasteiger partial charge in [0.25, 0.3) is 17.7 Å². The van der Waals surface area contributed by atoms with Crippen molar-refractivity contribution in [3.05, 3.63) is 93.2 Å². The van der Waals surface area contributed by atoms with E-state index >= 15 is 0 Å². The highest BCUT2D eigenvalue weighted by atomic mass is 79.9. The van der Waals surface area contributed by atoms with E-state index < -0.39 is 29.6 Å². The first kappa shape index (κ1) is 25.8. The van der Waals surface area contributed by atoms with Gasteiger partial charge in [0.15, 0.2) is 6.61 Å². The third-order valence-corrected chi connectivity index (χ3v) is 6.19. The molecule has 1 fully saturated rings. The van der Waals surface area contributed by atoms with Crippen molar-refractivity contribution in [3.63, 3.8) is 0 Å². The van der Waals surface area contributed by atoms with Gasteiger partial charge >= 0.3 is 6.03 Å². The Labute approximate surface area is 220 Å². The number of amides is 5. The van der Waals surface area contributed by atoms with Crippen LogP contribution in [0.1, 0.15) is 16.7 Å². The Bertz CT molecular complexity index is 1450. The molecule has 2 N–H and O–H groups in total. The Kier molecular flexibility index (Phi) is 7.49. The third kappa shape index (κ3) is 5.75. The molecule has 37 heavy (non-hydrogen) atoms. The van der Waals surface area contributed by atoms with Crippen molar-refractivity contribution in [1.29, 1.82) is 0 Å². The summed E-state index contributed by atoms with van der Waals surface area (Å²) in [6.07, 6.45) is 1.27. The first-order chi connectivity index (χ1) is 17.6. The Morgan fingerprint density at radius 2 is 1.81 bits per heavy atom. The minimum atomic E-state index is -0.951. The molecule has 0 atom stereocenters. The van der Waals surface area contributed by atoms with E-state index in [1.165, 1.54) is 18.2 Å². The second-order valence-corrected chi connectivity index (χ2v) is 9.12. The second kappa shape index (κ2) is 10.8. The van der Waals surface area contributed by atoms with Gasteiger partial charge in [-0.2, -0.15) is 0 Å². The van der Waals surface area contributed by atoms with Crippen molar-refractivity contribution in [1.82, 2.24) is 5.32 Å². The number of barbiturate groups is 1. The molecule has 0 bridgehead atoms. The number of ether oxygens (including phenoxy) is 1. The average Bonchev–Trinajstić information content (AvgIpc) is 2.85. The van der Waals surface area contributed by atoms with E-state index in [-0.39, 0.29) is 23.6 Å². The van der Waals surface area contributed by atoms with Gasteiger partial charge in [-0.15, -0.1) is 0 Å². The Morgan fingerprint density at radius 1 is 1.08 bits per heavy atom. The first-order valence-electron chi connectivity index (χ1n) is 11.1. The van der Waals surface area contributed by atoms with Crippen LogP contribution in [0.3, 0.4) is 0 Å². The van der Waals surface area contributed by atoms with E-state index in [1.54, 1.807) is 24.3 Å². The van der Waals surface area contributed by atoms with Gasteiger partial charge in [0.1, 0.15) is 17.1 Å². The zero-order valence-electron chi connectivity index (χ0n) is 19.8. The third-order valence-electron chi connectivity index (χ3n) is 5.70. The second-order valence-electron chi connectivity index (χ2n) is 8.20. The molecule has 0 aliphatic carbocycles. The number of hydrogen-bond donors (Lipinski definition) is 2. The van der Waals surface area contributed by atoms with Crippen LogP contribution in [0.2, 0.25) is 0 Å². The highest BCUT2D eigenvalue weighted by Gasteiger charge is 2.37. The molecule has 0 saturated carbocycles. The number of benzene rings is 3. The van der Waals surface area contributed by atoms with Gasteiger partial charge in [-0.3, -0.25) is 19.7 Å². The van der Waals surface area contributed by atoms with Gasteiger partial charge in [-0.05, 0) is 79.6 Å². The zero-order valence-corrected chi connectivity index (χ0v) is 21.4. The summed E-state index contributed by atoms with van der Waals surface area (Å²) in [6.45, 7) is 3.51. The Hall–Kier alpha value is -4.31. The van der Waals surface area contributed by atoms with E-state index in [2.05, 4.69) is 26.6 Å². The van der Waals surface area contributed by atoms with Crippen LogP contribution in [-0.2, 0) is 14.4 Å². The predicted molar refractivity (Wildman–Crippen MR) is 140 cm³/mol. The summed E-state index contributed by atoms with van der Waals surface area (Å²) in [5, 5.41) is 4.92. The SMILES string of the molecule is Cc1cccc(NC(=O)COc2ccc(Br)cc2/C=C2\C(=O)NC(=O)N(c3ccc(F)cc3)C2=O)c1C. The Balaban J connectivity index is 1.58. The van der Waals surface area contributed by atoms with E-state index in [0.717, 1.165) is 28.2 Å². The van der Waals surface area contributed by atoms with Crippen molar-refractivity contribution < 1.29 is 28.3 Å². The van der Waals surface area contributed by atoms with Crippen molar-refractivity contribution in [2.45, 2.75) is 13.8 Å². The predicted octanol–water partition coefficient (Wildman–Crippen LogP) is 4.89. The maximum absolute atomic E-state index is 13.3. The molecule has 1 saturated heterocycles. The smallest absolute Gasteiger partial charge is 0.335 e. The van der Waals surface area contributed by atoms with Crippen LogP contribution in [0.25, 0.3) is 6.08 Å². The summed E-state index contributed by atoms with van der Waals surface area (Å²) in [4.78, 5) is 51.3. The number of aryl methyl sites for hydroxylation is 1. The lowest BCUT2D eigenvalue weighted by atomic mass is 10.1. The van der Waals surface area contributed by atoms with Gasteiger partial charge in [0, 0.05) is 15.7 Å². The fourth-order valence-corrected chi connectivity index (χ4v) is 4.00.